The van der Waals surface area contributed by atoms with Gasteiger partial charge in [0.25, 0.3) is 0 Å². The summed E-state index contributed by atoms with van der Waals surface area (Å²) in [5.74, 6) is 0.902. The lowest BCUT2D eigenvalue weighted by molar-refractivity contribution is 0.205. The van der Waals surface area contributed by atoms with Crippen molar-refractivity contribution in [3.8, 4) is 5.75 Å². The summed E-state index contributed by atoms with van der Waals surface area (Å²) in [7, 11) is 0. The summed E-state index contributed by atoms with van der Waals surface area (Å²) in [6.45, 7) is 4.39. The summed E-state index contributed by atoms with van der Waals surface area (Å²) in [4.78, 5) is 14.1. The van der Waals surface area contributed by atoms with Crippen LogP contribution in [0.3, 0.4) is 0 Å². The number of hydrogen-bond donors (Lipinski definition) is 0. The smallest absolute Gasteiger partial charge is 0.235 e. The topological polar surface area (TPSA) is 38.7 Å². The molecule has 1 aliphatic heterocycles. The highest BCUT2D eigenvalue weighted by Crippen LogP contribution is 2.31. The van der Waals surface area contributed by atoms with Gasteiger partial charge in [0.15, 0.2) is 0 Å². The number of nitrogens with zero attached hydrogens (tertiary/aromatic N) is 1. The van der Waals surface area contributed by atoms with Crippen molar-refractivity contribution in [1.29, 1.82) is 0 Å². The number of hydrogen-bond acceptors (Lipinski definition) is 3. The van der Waals surface area contributed by atoms with E-state index in [1.165, 1.54) is 5.56 Å². The van der Waals surface area contributed by atoms with Crippen molar-refractivity contribution in [3.63, 3.8) is 0 Å². The Kier molecular flexibility index (Phi) is 2.33. The number of ether oxygens (including phenoxy) is 1. The van der Waals surface area contributed by atoms with E-state index in [0.717, 1.165) is 17.7 Å². The molecule has 1 heterocycles. The molecule has 78 valence electrons. The number of fused-ring (bicyclic) bond motifs is 1. The van der Waals surface area contributed by atoms with Gasteiger partial charge in [0.1, 0.15) is 17.9 Å². The summed E-state index contributed by atoms with van der Waals surface area (Å²) in [5, 5.41) is 0. The van der Waals surface area contributed by atoms with Crippen molar-refractivity contribution >= 4 is 6.08 Å². The number of aliphatic imine (C=N–C) groups is 1. The largest absolute Gasteiger partial charge is 0.491 e. The average Bonchev–Trinajstić information content (AvgIpc) is 2.17. The maximum Gasteiger partial charge on any atom is 0.235 e. The molecule has 0 spiro atoms. The third-order valence-electron chi connectivity index (χ3n) is 2.64. The van der Waals surface area contributed by atoms with E-state index in [1.54, 1.807) is 6.08 Å². The first-order valence-corrected chi connectivity index (χ1v) is 4.94. The summed E-state index contributed by atoms with van der Waals surface area (Å²) >= 11 is 0. The summed E-state index contributed by atoms with van der Waals surface area (Å²) in [6, 6.07) is 6.06. The van der Waals surface area contributed by atoms with E-state index < -0.39 is 5.54 Å². The Hall–Kier alpha value is -1.60. The Morgan fingerprint density at radius 1 is 1.53 bits per heavy atom. The minimum Gasteiger partial charge on any atom is -0.491 e. The standard InChI is InChI=1S/C12H13NO2/c1-9-3-4-11-10(5-9)6-12(2,7-15-11)13-8-14/h3-5H,6-7H2,1-2H3. The molecule has 0 amide bonds. The van der Waals surface area contributed by atoms with Crippen molar-refractivity contribution in [1.82, 2.24) is 0 Å². The first kappa shape index (κ1) is 9.94. The maximum atomic E-state index is 10.3. The first-order valence-electron chi connectivity index (χ1n) is 4.94. The second kappa shape index (κ2) is 3.52. The van der Waals surface area contributed by atoms with Crippen molar-refractivity contribution in [2.45, 2.75) is 25.8 Å². The summed E-state index contributed by atoms with van der Waals surface area (Å²) in [5.41, 5.74) is 1.85. The number of isocyanates is 1. The van der Waals surface area contributed by atoms with Gasteiger partial charge in [-0.2, -0.15) is 4.99 Å². The lowest BCUT2D eigenvalue weighted by Gasteiger charge is -2.30. The van der Waals surface area contributed by atoms with E-state index >= 15 is 0 Å². The lowest BCUT2D eigenvalue weighted by atomic mass is 9.91. The van der Waals surface area contributed by atoms with Gasteiger partial charge >= 0.3 is 0 Å². The molecule has 15 heavy (non-hydrogen) atoms. The van der Waals surface area contributed by atoms with Gasteiger partial charge in [-0.05, 0) is 25.5 Å². The fourth-order valence-electron chi connectivity index (χ4n) is 1.86. The molecule has 1 aliphatic rings. The van der Waals surface area contributed by atoms with Gasteiger partial charge in [-0.15, -0.1) is 0 Å². The molecule has 0 radical (unpaired) electrons. The zero-order valence-corrected chi connectivity index (χ0v) is 8.91. The van der Waals surface area contributed by atoms with Crippen LogP contribution in [0.15, 0.2) is 23.2 Å². The van der Waals surface area contributed by atoms with Crippen LogP contribution in [0.2, 0.25) is 0 Å². The molecule has 0 saturated heterocycles. The zero-order chi connectivity index (χ0) is 10.9. The van der Waals surface area contributed by atoms with Gasteiger partial charge in [-0.3, -0.25) is 0 Å². The monoisotopic (exact) mass is 203 g/mol. The Morgan fingerprint density at radius 2 is 2.33 bits per heavy atom. The molecule has 3 heteroatoms. The van der Waals surface area contributed by atoms with E-state index in [2.05, 4.69) is 11.1 Å². The van der Waals surface area contributed by atoms with Crippen LogP contribution in [-0.4, -0.2) is 18.2 Å². The minimum atomic E-state index is -0.456. The first-order chi connectivity index (χ1) is 7.13. The predicted octanol–water partition coefficient (Wildman–Crippen LogP) is 2.02. The molecular weight excluding hydrogens is 190 g/mol. The van der Waals surface area contributed by atoms with Crippen LogP contribution in [0.4, 0.5) is 0 Å². The highest BCUT2D eigenvalue weighted by Gasteiger charge is 2.31. The molecule has 0 fully saturated rings. The number of rotatable bonds is 1. The summed E-state index contributed by atoms with van der Waals surface area (Å²) in [6.07, 6.45) is 2.35. The Bertz CT molecular complexity index is 435. The fourth-order valence-corrected chi connectivity index (χ4v) is 1.86. The van der Waals surface area contributed by atoms with Crippen LogP contribution in [0.1, 0.15) is 18.1 Å². The highest BCUT2D eigenvalue weighted by atomic mass is 16.5. The summed E-state index contributed by atoms with van der Waals surface area (Å²) < 4.78 is 5.57. The van der Waals surface area contributed by atoms with Gasteiger partial charge in [-0.1, -0.05) is 17.7 Å². The van der Waals surface area contributed by atoms with Gasteiger partial charge in [0.05, 0.1) is 0 Å². The minimum absolute atomic E-state index is 0.443. The molecular formula is C12H13NO2. The molecule has 1 aromatic carbocycles. The average molecular weight is 203 g/mol. The number of benzene rings is 1. The third kappa shape index (κ3) is 1.92. The van der Waals surface area contributed by atoms with Crippen LogP contribution < -0.4 is 4.74 Å². The quantitative estimate of drug-likeness (QED) is 0.517. The number of aryl methyl sites for hydroxylation is 1. The van der Waals surface area contributed by atoms with Crippen molar-refractivity contribution in [2.24, 2.45) is 4.99 Å². The second-order valence-corrected chi connectivity index (χ2v) is 4.28. The van der Waals surface area contributed by atoms with E-state index in [1.807, 2.05) is 26.0 Å². The van der Waals surface area contributed by atoms with E-state index in [4.69, 9.17) is 4.74 Å². The maximum absolute atomic E-state index is 10.3. The van der Waals surface area contributed by atoms with Crippen molar-refractivity contribution < 1.29 is 9.53 Å². The van der Waals surface area contributed by atoms with Crippen LogP contribution in [-0.2, 0) is 11.2 Å². The molecule has 0 N–H and O–H groups in total. The van der Waals surface area contributed by atoms with E-state index in [9.17, 15) is 4.79 Å². The molecule has 0 aliphatic carbocycles. The van der Waals surface area contributed by atoms with Crippen LogP contribution in [0.5, 0.6) is 5.75 Å². The third-order valence-corrected chi connectivity index (χ3v) is 2.64. The molecule has 0 bridgehead atoms. The Labute approximate surface area is 88.8 Å². The predicted molar refractivity (Wildman–Crippen MR) is 56.9 cm³/mol. The normalized spacial score (nSPS) is 23.6. The Morgan fingerprint density at radius 3 is 3.07 bits per heavy atom. The van der Waals surface area contributed by atoms with Crippen LogP contribution in [0.25, 0.3) is 0 Å². The van der Waals surface area contributed by atoms with E-state index in [0.29, 0.717) is 6.61 Å². The molecule has 0 aromatic heterocycles. The molecule has 0 saturated carbocycles. The molecule has 1 atom stereocenters. The Balaban J connectivity index is 2.36. The highest BCUT2D eigenvalue weighted by molar-refractivity contribution is 5.42. The van der Waals surface area contributed by atoms with Gasteiger partial charge in [-0.25, -0.2) is 4.79 Å². The molecule has 2 rings (SSSR count). The van der Waals surface area contributed by atoms with Crippen molar-refractivity contribution in [3.05, 3.63) is 29.3 Å². The van der Waals surface area contributed by atoms with Gasteiger partial charge < -0.3 is 4.74 Å². The second-order valence-electron chi connectivity index (χ2n) is 4.28. The number of carbonyl (C=O) groups excluding carboxylic acids is 1. The zero-order valence-electron chi connectivity index (χ0n) is 8.91. The van der Waals surface area contributed by atoms with Gasteiger partial charge in [0.2, 0.25) is 6.08 Å². The SMILES string of the molecule is Cc1ccc2c(c1)CC(C)(N=C=O)CO2. The molecule has 1 unspecified atom stereocenters. The fraction of sp³-hybridized carbons (Fsp3) is 0.417. The molecule has 1 aromatic rings. The molecule has 3 nitrogen and oxygen atoms in total. The van der Waals surface area contributed by atoms with Crippen molar-refractivity contribution in [2.75, 3.05) is 6.61 Å². The van der Waals surface area contributed by atoms with Crippen LogP contribution in [0, 0.1) is 6.92 Å². The van der Waals surface area contributed by atoms with Crippen LogP contribution >= 0.6 is 0 Å². The van der Waals surface area contributed by atoms with E-state index in [-0.39, 0.29) is 0 Å². The van der Waals surface area contributed by atoms with Gasteiger partial charge in [0, 0.05) is 6.42 Å². The lowest BCUT2D eigenvalue weighted by Crippen LogP contribution is -2.36.